The number of hydrogen-bond donors (Lipinski definition) is 1. The van der Waals surface area contributed by atoms with Crippen LogP contribution in [0.3, 0.4) is 0 Å². The highest BCUT2D eigenvalue weighted by Crippen LogP contribution is 2.13. The van der Waals surface area contributed by atoms with Crippen LogP contribution in [0, 0.1) is 5.92 Å². The summed E-state index contributed by atoms with van der Waals surface area (Å²) in [6, 6.07) is 17.8. The fourth-order valence-electron chi connectivity index (χ4n) is 3.03. The molecular weight excluding hydrogens is 310 g/mol. The van der Waals surface area contributed by atoms with Crippen molar-refractivity contribution in [1.29, 1.82) is 0 Å². The standard InChI is InChI=1S/C21H25N3O/c1-15(2)13-22-16(3)20-23-19-12-8-7-11-18(19)21(25)24(20)14-17-9-5-4-6-10-17/h4-12,15-16,22H,13-14H2,1-3H3/p+1/t16-/m0/s1. The van der Waals surface area contributed by atoms with Crippen molar-refractivity contribution in [3.8, 4) is 0 Å². The number of nitrogens with zero attached hydrogens (tertiary/aromatic N) is 2. The summed E-state index contributed by atoms with van der Waals surface area (Å²) in [5.41, 5.74) is 1.92. The first kappa shape index (κ1) is 17.4. The molecule has 0 saturated carbocycles. The van der Waals surface area contributed by atoms with Crippen molar-refractivity contribution in [2.24, 2.45) is 5.92 Å². The minimum atomic E-state index is 0.0363. The van der Waals surface area contributed by atoms with Crippen molar-refractivity contribution in [3.05, 3.63) is 76.3 Å². The number of quaternary nitrogens is 1. The predicted octanol–water partition coefficient (Wildman–Crippen LogP) is 2.73. The normalized spacial score (nSPS) is 12.6. The SMILES string of the molecule is CC(C)C[NH2+][C@@H](C)c1nc2ccccc2c(=O)n1Cc1ccccc1. The number of para-hydroxylation sites is 1. The summed E-state index contributed by atoms with van der Waals surface area (Å²) in [5, 5.41) is 2.95. The summed E-state index contributed by atoms with van der Waals surface area (Å²) < 4.78 is 1.83. The van der Waals surface area contributed by atoms with Gasteiger partial charge in [0, 0.05) is 5.92 Å². The van der Waals surface area contributed by atoms with Crippen molar-refractivity contribution < 1.29 is 5.32 Å². The first-order valence-corrected chi connectivity index (χ1v) is 8.93. The summed E-state index contributed by atoms with van der Waals surface area (Å²) in [6.45, 7) is 8.09. The minimum absolute atomic E-state index is 0.0363. The number of rotatable bonds is 6. The Morgan fingerprint density at radius 3 is 2.40 bits per heavy atom. The van der Waals surface area contributed by atoms with Gasteiger partial charge in [-0.25, -0.2) is 4.98 Å². The van der Waals surface area contributed by atoms with E-state index < -0.39 is 0 Å². The Morgan fingerprint density at radius 2 is 1.68 bits per heavy atom. The fraction of sp³-hybridized carbons (Fsp3) is 0.333. The molecule has 0 fully saturated rings. The molecule has 130 valence electrons. The van der Waals surface area contributed by atoms with Crippen LogP contribution in [0.2, 0.25) is 0 Å². The summed E-state index contributed by atoms with van der Waals surface area (Å²) in [5.74, 6) is 1.44. The third-order valence-corrected chi connectivity index (χ3v) is 4.44. The molecule has 1 heterocycles. The Bertz CT molecular complexity index is 900. The van der Waals surface area contributed by atoms with Crippen LogP contribution in [0.1, 0.15) is 38.2 Å². The predicted molar refractivity (Wildman–Crippen MR) is 102 cm³/mol. The van der Waals surface area contributed by atoms with Gasteiger partial charge >= 0.3 is 0 Å². The summed E-state index contributed by atoms with van der Waals surface area (Å²) >= 11 is 0. The monoisotopic (exact) mass is 336 g/mol. The third-order valence-electron chi connectivity index (χ3n) is 4.44. The Morgan fingerprint density at radius 1 is 1.00 bits per heavy atom. The van der Waals surface area contributed by atoms with E-state index in [1.165, 1.54) is 0 Å². The van der Waals surface area contributed by atoms with Gasteiger partial charge in [-0.05, 0) is 24.6 Å². The smallest absolute Gasteiger partial charge is 0.261 e. The maximum Gasteiger partial charge on any atom is 0.261 e. The van der Waals surface area contributed by atoms with Gasteiger partial charge in [0.1, 0.15) is 6.04 Å². The summed E-state index contributed by atoms with van der Waals surface area (Å²) in [4.78, 5) is 17.9. The highest BCUT2D eigenvalue weighted by Gasteiger charge is 2.19. The van der Waals surface area contributed by atoms with Gasteiger partial charge < -0.3 is 5.32 Å². The quantitative estimate of drug-likeness (QED) is 0.752. The number of fused-ring (bicyclic) bond motifs is 1. The maximum absolute atomic E-state index is 13.1. The molecule has 4 heteroatoms. The molecule has 0 saturated heterocycles. The van der Waals surface area contributed by atoms with E-state index in [0.29, 0.717) is 17.8 Å². The Balaban J connectivity index is 2.09. The molecule has 3 rings (SSSR count). The van der Waals surface area contributed by atoms with Gasteiger partial charge in [0.25, 0.3) is 5.56 Å². The lowest BCUT2D eigenvalue weighted by Crippen LogP contribution is -2.86. The molecule has 4 nitrogen and oxygen atoms in total. The number of benzene rings is 2. The van der Waals surface area contributed by atoms with E-state index >= 15 is 0 Å². The topological polar surface area (TPSA) is 51.5 Å². The van der Waals surface area contributed by atoms with Crippen LogP contribution >= 0.6 is 0 Å². The van der Waals surface area contributed by atoms with Gasteiger partial charge in [-0.1, -0.05) is 56.3 Å². The molecule has 0 bridgehead atoms. The zero-order chi connectivity index (χ0) is 17.8. The van der Waals surface area contributed by atoms with Crippen LogP contribution in [0.25, 0.3) is 10.9 Å². The van der Waals surface area contributed by atoms with Crippen molar-refractivity contribution in [2.45, 2.75) is 33.4 Å². The molecular formula is C21H26N3O+. The molecule has 25 heavy (non-hydrogen) atoms. The Kier molecular flexibility index (Phi) is 5.29. The van der Waals surface area contributed by atoms with E-state index in [9.17, 15) is 4.79 Å². The van der Waals surface area contributed by atoms with E-state index in [1.54, 1.807) is 0 Å². The van der Waals surface area contributed by atoms with E-state index in [1.807, 2.05) is 59.2 Å². The second-order valence-corrected chi connectivity index (χ2v) is 7.02. The number of aromatic nitrogens is 2. The number of hydrogen-bond acceptors (Lipinski definition) is 2. The van der Waals surface area contributed by atoms with Crippen LogP contribution in [0.4, 0.5) is 0 Å². The van der Waals surface area contributed by atoms with Crippen LogP contribution in [0.5, 0.6) is 0 Å². The average Bonchev–Trinajstić information content (AvgIpc) is 2.62. The molecule has 0 aliphatic rings. The van der Waals surface area contributed by atoms with Gasteiger partial charge in [0.15, 0.2) is 5.82 Å². The van der Waals surface area contributed by atoms with Crippen LogP contribution in [-0.4, -0.2) is 16.1 Å². The molecule has 3 aromatic rings. The van der Waals surface area contributed by atoms with Crippen LogP contribution in [0.15, 0.2) is 59.4 Å². The van der Waals surface area contributed by atoms with Gasteiger partial charge in [0.2, 0.25) is 0 Å². The largest absolute Gasteiger partial charge is 0.338 e. The lowest BCUT2D eigenvalue weighted by atomic mass is 10.1. The first-order valence-electron chi connectivity index (χ1n) is 8.93. The third kappa shape index (κ3) is 3.97. The lowest BCUT2D eigenvalue weighted by Gasteiger charge is -2.18. The van der Waals surface area contributed by atoms with E-state index in [4.69, 9.17) is 4.98 Å². The lowest BCUT2D eigenvalue weighted by molar-refractivity contribution is -0.698. The highest BCUT2D eigenvalue weighted by molar-refractivity contribution is 5.77. The average molecular weight is 336 g/mol. The second-order valence-electron chi connectivity index (χ2n) is 7.02. The van der Waals surface area contributed by atoms with Gasteiger partial charge in [0.05, 0.1) is 24.0 Å². The van der Waals surface area contributed by atoms with Crippen molar-refractivity contribution in [3.63, 3.8) is 0 Å². The van der Waals surface area contributed by atoms with Crippen molar-refractivity contribution in [2.75, 3.05) is 6.54 Å². The molecule has 0 radical (unpaired) electrons. The summed E-state index contributed by atoms with van der Waals surface area (Å²) in [7, 11) is 0. The van der Waals surface area contributed by atoms with E-state index in [0.717, 1.165) is 23.4 Å². The molecule has 1 atom stereocenters. The first-order chi connectivity index (χ1) is 12.1. The second kappa shape index (κ2) is 7.62. The Hall–Kier alpha value is -2.46. The Labute approximate surface area is 148 Å². The van der Waals surface area contributed by atoms with Crippen molar-refractivity contribution >= 4 is 10.9 Å². The molecule has 0 unspecified atom stereocenters. The highest BCUT2D eigenvalue weighted by atomic mass is 16.1. The van der Waals surface area contributed by atoms with Gasteiger partial charge in [-0.2, -0.15) is 0 Å². The molecule has 0 aliphatic carbocycles. The fourth-order valence-corrected chi connectivity index (χ4v) is 3.03. The molecule has 0 spiro atoms. The minimum Gasteiger partial charge on any atom is -0.338 e. The zero-order valence-electron chi connectivity index (χ0n) is 15.1. The molecule has 0 aliphatic heterocycles. The van der Waals surface area contributed by atoms with Gasteiger partial charge in [-0.3, -0.25) is 9.36 Å². The van der Waals surface area contributed by atoms with Gasteiger partial charge in [-0.15, -0.1) is 0 Å². The van der Waals surface area contributed by atoms with Crippen LogP contribution in [-0.2, 0) is 6.54 Å². The zero-order valence-corrected chi connectivity index (χ0v) is 15.1. The molecule has 1 aromatic heterocycles. The van der Waals surface area contributed by atoms with Crippen molar-refractivity contribution in [1.82, 2.24) is 9.55 Å². The number of nitrogens with two attached hydrogens (primary N) is 1. The molecule has 0 amide bonds. The van der Waals surface area contributed by atoms with E-state index in [2.05, 4.69) is 26.1 Å². The molecule has 2 aromatic carbocycles. The maximum atomic E-state index is 13.1. The molecule has 2 N–H and O–H groups in total. The van der Waals surface area contributed by atoms with Crippen LogP contribution < -0.4 is 10.9 Å². The van der Waals surface area contributed by atoms with E-state index in [-0.39, 0.29) is 11.6 Å². The summed E-state index contributed by atoms with van der Waals surface area (Å²) in [6.07, 6.45) is 0.